The van der Waals surface area contributed by atoms with Crippen LogP contribution in [0.4, 0.5) is 0 Å². The van der Waals surface area contributed by atoms with Crippen molar-refractivity contribution in [1.82, 2.24) is 10.3 Å². The van der Waals surface area contributed by atoms with E-state index in [0.29, 0.717) is 22.3 Å². The van der Waals surface area contributed by atoms with Crippen LogP contribution in [0.3, 0.4) is 0 Å². The summed E-state index contributed by atoms with van der Waals surface area (Å²) in [6.45, 7) is 1.73. The van der Waals surface area contributed by atoms with Crippen molar-refractivity contribution in [3.63, 3.8) is 0 Å². The molecule has 5 nitrogen and oxygen atoms in total. The Hall–Kier alpha value is -1.24. The third kappa shape index (κ3) is 2.83. The molecule has 1 unspecified atom stereocenters. The number of sulfone groups is 1. The SMILES string of the molecule is CC1(NC(=O)c2[nH]c3ccc(Cl)cc3c2Cl)CCS(=O)(=O)C1. The zero-order valence-corrected chi connectivity index (χ0v) is 14.1. The Morgan fingerprint density at radius 1 is 1.36 bits per heavy atom. The topological polar surface area (TPSA) is 79.0 Å². The highest BCUT2D eigenvalue weighted by molar-refractivity contribution is 7.91. The van der Waals surface area contributed by atoms with Crippen LogP contribution in [0.5, 0.6) is 0 Å². The van der Waals surface area contributed by atoms with Gasteiger partial charge in [0.05, 0.1) is 22.1 Å². The standard InChI is InChI=1S/C14H14Cl2N2O3S/c1-14(4-5-22(20,21)7-14)18-13(19)12-11(16)9-6-8(15)2-3-10(9)17-12/h2-3,6,17H,4-5,7H2,1H3,(H,18,19). The van der Waals surface area contributed by atoms with Crippen LogP contribution in [0.25, 0.3) is 10.9 Å². The first-order valence-electron chi connectivity index (χ1n) is 6.69. The number of halogens is 2. The van der Waals surface area contributed by atoms with Crippen LogP contribution in [0, 0.1) is 0 Å². The molecule has 118 valence electrons. The van der Waals surface area contributed by atoms with Crippen molar-refractivity contribution in [2.45, 2.75) is 18.9 Å². The van der Waals surface area contributed by atoms with Crippen LogP contribution in [0.2, 0.25) is 10.0 Å². The van der Waals surface area contributed by atoms with Gasteiger partial charge in [-0.3, -0.25) is 4.79 Å². The molecular weight excluding hydrogens is 347 g/mol. The predicted molar refractivity (Wildman–Crippen MR) is 87.5 cm³/mol. The molecule has 0 aliphatic carbocycles. The summed E-state index contributed by atoms with van der Waals surface area (Å²) >= 11 is 12.2. The Labute approximate surface area is 137 Å². The number of rotatable bonds is 2. The molecule has 1 saturated heterocycles. The van der Waals surface area contributed by atoms with Crippen molar-refractivity contribution < 1.29 is 13.2 Å². The second-order valence-electron chi connectivity index (χ2n) is 5.86. The Morgan fingerprint density at radius 2 is 2.09 bits per heavy atom. The van der Waals surface area contributed by atoms with Crippen LogP contribution in [0.1, 0.15) is 23.8 Å². The monoisotopic (exact) mass is 360 g/mol. The molecule has 22 heavy (non-hydrogen) atoms. The van der Waals surface area contributed by atoms with Crippen molar-refractivity contribution in [2.75, 3.05) is 11.5 Å². The van der Waals surface area contributed by atoms with Gasteiger partial charge in [0.2, 0.25) is 0 Å². The first kappa shape index (κ1) is 15.6. The highest BCUT2D eigenvalue weighted by atomic mass is 35.5. The Balaban J connectivity index is 1.91. The van der Waals surface area contributed by atoms with Gasteiger partial charge in [0.15, 0.2) is 9.84 Å². The first-order valence-corrected chi connectivity index (χ1v) is 9.27. The molecule has 2 aromatic rings. The van der Waals surface area contributed by atoms with E-state index in [4.69, 9.17) is 23.2 Å². The van der Waals surface area contributed by atoms with Crippen LogP contribution >= 0.6 is 23.2 Å². The summed E-state index contributed by atoms with van der Waals surface area (Å²) in [6, 6.07) is 5.11. The zero-order valence-electron chi connectivity index (χ0n) is 11.7. The van der Waals surface area contributed by atoms with Gasteiger partial charge >= 0.3 is 0 Å². The molecule has 1 aliphatic rings. The van der Waals surface area contributed by atoms with Gasteiger partial charge < -0.3 is 10.3 Å². The molecule has 3 rings (SSSR count). The number of hydrogen-bond donors (Lipinski definition) is 2. The van der Waals surface area contributed by atoms with E-state index in [2.05, 4.69) is 10.3 Å². The largest absolute Gasteiger partial charge is 0.349 e. The summed E-state index contributed by atoms with van der Waals surface area (Å²) in [6.07, 6.45) is 0.394. The lowest BCUT2D eigenvalue weighted by Crippen LogP contribution is -2.47. The number of hydrogen-bond acceptors (Lipinski definition) is 3. The molecule has 1 atom stereocenters. The Morgan fingerprint density at radius 3 is 2.73 bits per heavy atom. The number of aromatic amines is 1. The third-order valence-electron chi connectivity index (χ3n) is 3.84. The molecule has 1 aliphatic heterocycles. The maximum atomic E-state index is 12.4. The van der Waals surface area contributed by atoms with E-state index in [-0.39, 0.29) is 22.2 Å². The molecule has 0 bridgehead atoms. The molecule has 2 N–H and O–H groups in total. The Bertz CT molecular complexity index is 876. The van der Waals surface area contributed by atoms with Gasteiger partial charge in [0, 0.05) is 15.9 Å². The number of H-pyrrole nitrogens is 1. The number of aromatic nitrogens is 1. The quantitative estimate of drug-likeness (QED) is 0.863. The van der Waals surface area contributed by atoms with E-state index in [1.54, 1.807) is 25.1 Å². The number of nitrogens with one attached hydrogen (secondary N) is 2. The third-order valence-corrected chi connectivity index (χ3v) is 6.37. The normalized spacial score (nSPS) is 23.8. The molecule has 8 heteroatoms. The van der Waals surface area contributed by atoms with Crippen molar-refractivity contribution in [3.05, 3.63) is 33.9 Å². The average Bonchev–Trinajstić information content (AvgIpc) is 2.87. The van der Waals surface area contributed by atoms with Gasteiger partial charge in [-0.1, -0.05) is 23.2 Å². The maximum Gasteiger partial charge on any atom is 0.269 e. The number of carbonyl (C=O) groups is 1. The van der Waals surface area contributed by atoms with E-state index < -0.39 is 21.3 Å². The lowest BCUT2D eigenvalue weighted by Gasteiger charge is -2.23. The van der Waals surface area contributed by atoms with E-state index in [1.807, 2.05) is 0 Å². The maximum absolute atomic E-state index is 12.4. The summed E-state index contributed by atoms with van der Waals surface area (Å²) in [5, 5.41) is 4.23. The minimum absolute atomic E-state index is 0.0601. The minimum Gasteiger partial charge on any atom is -0.349 e. The number of fused-ring (bicyclic) bond motifs is 1. The van der Waals surface area contributed by atoms with Gasteiger partial charge in [-0.25, -0.2) is 8.42 Å². The van der Waals surface area contributed by atoms with Gasteiger partial charge in [0.25, 0.3) is 5.91 Å². The number of carbonyl (C=O) groups excluding carboxylic acids is 1. The summed E-state index contributed by atoms with van der Waals surface area (Å²) in [5.74, 6) is -0.396. The van der Waals surface area contributed by atoms with Crippen molar-refractivity contribution >= 4 is 49.8 Å². The van der Waals surface area contributed by atoms with Gasteiger partial charge in [-0.2, -0.15) is 0 Å². The van der Waals surface area contributed by atoms with Gasteiger partial charge in [0.1, 0.15) is 5.69 Å². The molecule has 0 spiro atoms. The Kier molecular flexibility index (Phi) is 3.66. The van der Waals surface area contributed by atoms with E-state index in [9.17, 15) is 13.2 Å². The second-order valence-corrected chi connectivity index (χ2v) is 8.86. The van der Waals surface area contributed by atoms with Crippen molar-refractivity contribution in [1.29, 1.82) is 0 Å². The van der Waals surface area contributed by atoms with Gasteiger partial charge in [-0.05, 0) is 31.5 Å². The molecule has 1 aromatic carbocycles. The van der Waals surface area contributed by atoms with Crippen LogP contribution in [-0.4, -0.2) is 36.4 Å². The summed E-state index contributed by atoms with van der Waals surface area (Å²) in [7, 11) is -3.10. The molecule has 2 heterocycles. The smallest absolute Gasteiger partial charge is 0.269 e. The summed E-state index contributed by atoms with van der Waals surface area (Å²) in [5.41, 5.74) is 0.141. The predicted octanol–water partition coefficient (Wildman–Crippen LogP) is 2.78. The minimum atomic E-state index is -3.10. The molecule has 0 radical (unpaired) electrons. The van der Waals surface area contributed by atoms with Crippen LogP contribution in [-0.2, 0) is 9.84 Å². The van der Waals surface area contributed by atoms with Gasteiger partial charge in [-0.15, -0.1) is 0 Å². The van der Waals surface area contributed by atoms with E-state index >= 15 is 0 Å². The molecule has 1 aromatic heterocycles. The van der Waals surface area contributed by atoms with E-state index in [1.165, 1.54) is 0 Å². The second kappa shape index (κ2) is 5.15. The van der Waals surface area contributed by atoms with E-state index in [0.717, 1.165) is 0 Å². The van der Waals surface area contributed by atoms with Crippen LogP contribution in [0.15, 0.2) is 18.2 Å². The fourth-order valence-corrected chi connectivity index (χ4v) is 5.29. The molecule has 0 saturated carbocycles. The molecule has 1 fully saturated rings. The lowest BCUT2D eigenvalue weighted by atomic mass is 10.0. The molecular formula is C14H14Cl2N2O3S. The first-order chi connectivity index (χ1) is 10.2. The average molecular weight is 361 g/mol. The number of benzene rings is 1. The fourth-order valence-electron chi connectivity index (χ4n) is 2.73. The number of amides is 1. The highest BCUT2D eigenvalue weighted by Gasteiger charge is 2.40. The highest BCUT2D eigenvalue weighted by Crippen LogP contribution is 2.30. The zero-order chi connectivity index (χ0) is 16.1. The summed E-state index contributed by atoms with van der Waals surface area (Å²) in [4.78, 5) is 15.4. The van der Waals surface area contributed by atoms with Crippen molar-refractivity contribution in [3.8, 4) is 0 Å². The van der Waals surface area contributed by atoms with Crippen molar-refractivity contribution in [2.24, 2.45) is 0 Å². The lowest BCUT2D eigenvalue weighted by molar-refractivity contribution is 0.0911. The fraction of sp³-hybridized carbons (Fsp3) is 0.357. The van der Waals surface area contributed by atoms with Crippen LogP contribution < -0.4 is 5.32 Å². The summed E-state index contributed by atoms with van der Waals surface area (Å²) < 4.78 is 23.2. The molecule has 1 amide bonds.